The smallest absolute Gasteiger partial charge is 0.330 e. The first-order chi connectivity index (χ1) is 10.9. The topological polar surface area (TPSA) is 86.2 Å². The van der Waals surface area contributed by atoms with E-state index in [2.05, 4.69) is 0 Å². The molecule has 0 aliphatic heterocycles. The molecule has 2 unspecified atom stereocenters. The lowest BCUT2D eigenvalue weighted by Gasteiger charge is -2.21. The van der Waals surface area contributed by atoms with Gasteiger partial charge in [0.25, 0.3) is 5.56 Å². The predicted molar refractivity (Wildman–Crippen MR) is 89.5 cm³/mol. The van der Waals surface area contributed by atoms with Gasteiger partial charge in [0.05, 0.1) is 25.2 Å². The van der Waals surface area contributed by atoms with Crippen LogP contribution in [0.5, 0.6) is 0 Å². The maximum absolute atomic E-state index is 12.1. The second-order valence-electron chi connectivity index (χ2n) is 5.26. The average molecular weight is 341 g/mol. The summed E-state index contributed by atoms with van der Waals surface area (Å²) in [6.07, 6.45) is 3.36. The van der Waals surface area contributed by atoms with Crippen molar-refractivity contribution in [2.75, 3.05) is 13.3 Å². The lowest BCUT2D eigenvalue weighted by Crippen LogP contribution is -2.39. The molecule has 0 saturated heterocycles. The van der Waals surface area contributed by atoms with Gasteiger partial charge in [-0.05, 0) is 19.8 Å². The molecule has 1 rings (SSSR count). The first kappa shape index (κ1) is 19.6. The van der Waals surface area contributed by atoms with Gasteiger partial charge in [0.15, 0.2) is 8.38 Å². The van der Waals surface area contributed by atoms with Crippen LogP contribution in [0, 0.1) is 18.3 Å². The molecule has 0 bridgehead atoms. The van der Waals surface area contributed by atoms with Crippen LogP contribution in [0.2, 0.25) is 0 Å². The third-order valence-corrected chi connectivity index (χ3v) is 4.60. The highest BCUT2D eigenvalue weighted by molar-refractivity contribution is 7.46. The number of nitriles is 1. The van der Waals surface area contributed by atoms with Crippen molar-refractivity contribution in [1.29, 1.82) is 5.26 Å². The highest BCUT2D eigenvalue weighted by Gasteiger charge is 2.14. The summed E-state index contributed by atoms with van der Waals surface area (Å²) in [5.74, 6) is 0. The molecule has 128 valence electrons. The van der Waals surface area contributed by atoms with Crippen LogP contribution in [0.3, 0.4) is 0 Å². The Morgan fingerprint density at radius 1 is 1.43 bits per heavy atom. The molecule has 23 heavy (non-hydrogen) atoms. The largest absolute Gasteiger partial charge is 0.333 e. The lowest BCUT2D eigenvalue weighted by atomic mass is 10.2. The Morgan fingerprint density at radius 2 is 2.13 bits per heavy atom. The van der Waals surface area contributed by atoms with Crippen LogP contribution in [0.4, 0.5) is 0 Å². The molecule has 7 nitrogen and oxygen atoms in total. The van der Waals surface area contributed by atoms with E-state index in [-0.39, 0.29) is 17.4 Å². The van der Waals surface area contributed by atoms with Gasteiger partial charge in [0.2, 0.25) is 0 Å². The molecule has 1 aromatic heterocycles. The van der Waals surface area contributed by atoms with E-state index in [4.69, 9.17) is 14.3 Å². The maximum atomic E-state index is 12.1. The second kappa shape index (κ2) is 9.61. The van der Waals surface area contributed by atoms with Gasteiger partial charge in [-0.2, -0.15) is 5.26 Å². The molecule has 1 aromatic rings. The molecule has 0 aliphatic rings. The number of aromatic nitrogens is 2. The molecule has 0 aliphatic carbocycles. The van der Waals surface area contributed by atoms with Crippen LogP contribution in [-0.2, 0) is 22.6 Å². The molecule has 0 N–H and O–H groups in total. The first-order valence-electron chi connectivity index (χ1n) is 7.58. The summed E-state index contributed by atoms with van der Waals surface area (Å²) in [5.41, 5.74) is -0.0457. The van der Waals surface area contributed by atoms with Crippen molar-refractivity contribution in [3.05, 3.63) is 32.6 Å². The molecular weight excluding hydrogens is 317 g/mol. The number of aryl methyl sites for hydroxylation is 2. The van der Waals surface area contributed by atoms with E-state index in [1.807, 2.05) is 19.7 Å². The monoisotopic (exact) mass is 341 g/mol. The third kappa shape index (κ3) is 5.91. The van der Waals surface area contributed by atoms with Crippen LogP contribution in [0.25, 0.3) is 0 Å². The number of nitrogens with zero attached hydrogens (tertiary/aromatic N) is 3. The molecule has 0 fully saturated rings. The molecular formula is C15H24N3O4P. The zero-order valence-electron chi connectivity index (χ0n) is 14.1. The Hall–Kier alpha value is -1.48. The van der Waals surface area contributed by atoms with Crippen LogP contribution in [0.1, 0.15) is 31.7 Å². The Kier molecular flexibility index (Phi) is 8.18. The normalized spacial score (nSPS) is 13.5. The zero-order valence-corrected chi connectivity index (χ0v) is 15.0. The van der Waals surface area contributed by atoms with Gasteiger partial charge in [-0.15, -0.1) is 0 Å². The van der Waals surface area contributed by atoms with Crippen molar-refractivity contribution in [3.8, 4) is 6.07 Å². The van der Waals surface area contributed by atoms with E-state index in [0.29, 0.717) is 31.6 Å². The third-order valence-electron chi connectivity index (χ3n) is 3.46. The Labute approximate surface area is 137 Å². The van der Waals surface area contributed by atoms with Crippen molar-refractivity contribution in [2.24, 2.45) is 7.05 Å². The lowest BCUT2D eigenvalue weighted by molar-refractivity contribution is 0.164. The van der Waals surface area contributed by atoms with Gasteiger partial charge in [-0.1, -0.05) is 6.92 Å². The van der Waals surface area contributed by atoms with Crippen molar-refractivity contribution in [2.45, 2.75) is 45.8 Å². The minimum atomic E-state index is -1.04. The highest BCUT2D eigenvalue weighted by atomic mass is 31.2. The Balaban J connectivity index is 2.63. The molecule has 8 heteroatoms. The predicted octanol–water partition coefficient (Wildman–Crippen LogP) is 1.91. The van der Waals surface area contributed by atoms with E-state index in [1.165, 1.54) is 11.6 Å². The number of hydrogen-bond donors (Lipinski definition) is 0. The van der Waals surface area contributed by atoms with Crippen LogP contribution >= 0.6 is 8.38 Å². The molecule has 0 radical (unpaired) electrons. The summed E-state index contributed by atoms with van der Waals surface area (Å²) < 4.78 is 14.0. The van der Waals surface area contributed by atoms with Gasteiger partial charge in [-0.25, -0.2) is 4.79 Å². The zero-order chi connectivity index (χ0) is 17.4. The summed E-state index contributed by atoms with van der Waals surface area (Å²) >= 11 is 0. The van der Waals surface area contributed by atoms with E-state index < -0.39 is 8.38 Å². The molecule has 1 heterocycles. The fourth-order valence-corrected chi connectivity index (χ4v) is 3.21. The maximum Gasteiger partial charge on any atom is 0.330 e. The van der Waals surface area contributed by atoms with Gasteiger partial charge in [0, 0.05) is 32.0 Å². The average Bonchev–Trinajstić information content (AvgIpc) is 2.53. The summed E-state index contributed by atoms with van der Waals surface area (Å²) in [6.45, 7) is 6.42. The van der Waals surface area contributed by atoms with Gasteiger partial charge >= 0.3 is 5.69 Å². The Morgan fingerprint density at radius 3 is 2.74 bits per heavy atom. The SMILES string of the molecule is CCC(CCn1cc(C)c(=O)n(C)c1=O)OP(C)OCCC#N. The molecule has 0 spiro atoms. The standard InChI is InChI=1S/C15H24N3O4P/c1-5-13(22-23(4)21-10-6-8-16)7-9-18-11-12(2)14(19)17(3)15(18)20/h11,13H,5-7,9-10H2,1-4H3. The van der Waals surface area contributed by atoms with Crippen molar-refractivity contribution in [3.63, 3.8) is 0 Å². The minimum absolute atomic E-state index is 0.0300. The highest BCUT2D eigenvalue weighted by Crippen LogP contribution is 2.36. The fourth-order valence-electron chi connectivity index (χ4n) is 2.12. The first-order valence-corrected chi connectivity index (χ1v) is 9.20. The molecule has 0 amide bonds. The summed E-state index contributed by atoms with van der Waals surface area (Å²) in [4.78, 5) is 23.8. The van der Waals surface area contributed by atoms with Crippen LogP contribution < -0.4 is 11.2 Å². The van der Waals surface area contributed by atoms with Crippen molar-refractivity contribution >= 4 is 8.38 Å². The minimum Gasteiger partial charge on any atom is -0.333 e. The Bertz CT molecular complexity index is 662. The molecule has 2 atom stereocenters. The quantitative estimate of drug-likeness (QED) is 0.506. The van der Waals surface area contributed by atoms with Crippen molar-refractivity contribution < 1.29 is 9.05 Å². The fraction of sp³-hybridized carbons (Fsp3) is 0.667. The van der Waals surface area contributed by atoms with Gasteiger partial charge in [-0.3, -0.25) is 9.36 Å². The van der Waals surface area contributed by atoms with Crippen LogP contribution in [0.15, 0.2) is 15.8 Å². The molecule has 0 saturated carbocycles. The molecule has 0 aromatic carbocycles. The van der Waals surface area contributed by atoms with Crippen molar-refractivity contribution in [1.82, 2.24) is 9.13 Å². The van der Waals surface area contributed by atoms with E-state index in [1.54, 1.807) is 13.1 Å². The van der Waals surface area contributed by atoms with E-state index in [9.17, 15) is 9.59 Å². The van der Waals surface area contributed by atoms with E-state index >= 15 is 0 Å². The summed E-state index contributed by atoms with van der Waals surface area (Å²) in [7, 11) is 0.446. The van der Waals surface area contributed by atoms with Crippen LogP contribution in [-0.4, -0.2) is 28.5 Å². The second-order valence-corrected chi connectivity index (χ2v) is 6.61. The van der Waals surface area contributed by atoms with Gasteiger partial charge in [0.1, 0.15) is 0 Å². The number of rotatable bonds is 9. The van der Waals surface area contributed by atoms with E-state index in [0.717, 1.165) is 11.0 Å². The summed E-state index contributed by atoms with van der Waals surface area (Å²) in [6, 6.07) is 2.02. The summed E-state index contributed by atoms with van der Waals surface area (Å²) in [5, 5.41) is 8.49. The number of hydrogen-bond acceptors (Lipinski definition) is 5. The van der Waals surface area contributed by atoms with Gasteiger partial charge < -0.3 is 13.6 Å².